The Morgan fingerprint density at radius 1 is 0.971 bits per heavy atom. The number of carbonyl (C=O) groups excluding carboxylic acids is 1. The van der Waals surface area contributed by atoms with Gasteiger partial charge in [0.2, 0.25) is 5.91 Å². The minimum atomic E-state index is -3.75. The summed E-state index contributed by atoms with van der Waals surface area (Å²) in [6, 6.07) is 20.2. The van der Waals surface area contributed by atoms with Crippen LogP contribution >= 0.6 is 0 Å². The molecule has 8 nitrogen and oxygen atoms in total. The zero-order chi connectivity index (χ0) is 25.3. The number of benzene rings is 2. The highest BCUT2D eigenvalue weighted by molar-refractivity contribution is 7.89. The number of carbonyl (C=O) groups is 1. The van der Waals surface area contributed by atoms with E-state index in [1.807, 2.05) is 71.6 Å². The summed E-state index contributed by atoms with van der Waals surface area (Å²) in [4.78, 5) is 22.9. The predicted octanol–water partition coefficient (Wildman–Crippen LogP) is 4.25. The van der Waals surface area contributed by atoms with E-state index in [0.717, 1.165) is 41.7 Å². The molecule has 0 aliphatic carbocycles. The number of amides is 1. The number of nitrogens with one attached hydrogen (secondary N) is 1. The van der Waals surface area contributed by atoms with Crippen LogP contribution in [0.5, 0.6) is 0 Å². The van der Waals surface area contributed by atoms with E-state index in [1.165, 1.54) is 0 Å². The first kappa shape index (κ1) is 26.3. The van der Waals surface area contributed by atoms with Crippen LogP contribution in [0.1, 0.15) is 33.6 Å². The van der Waals surface area contributed by atoms with Gasteiger partial charge >= 0.3 is 0 Å². The molecule has 9 heteroatoms. The summed E-state index contributed by atoms with van der Waals surface area (Å²) in [5.41, 5.74) is 3.66. The summed E-state index contributed by atoms with van der Waals surface area (Å²) in [7, 11) is -3.75. The highest BCUT2D eigenvalue weighted by Gasteiger charge is 2.17. The number of ether oxygens (including phenoxy) is 1. The fraction of sp³-hybridized carbons (Fsp3) is 0.346. The SMILES string of the molecule is CC(=O)NS(=O)(=O)COCCCCN(c1cnc(-c2ccccc2)c(-c2ccccc2)n1)C(C)C. The molecule has 0 saturated carbocycles. The average Bonchev–Trinajstić information content (AvgIpc) is 2.83. The van der Waals surface area contributed by atoms with Gasteiger partial charge in [0, 0.05) is 37.2 Å². The molecule has 3 rings (SSSR count). The highest BCUT2D eigenvalue weighted by Crippen LogP contribution is 2.30. The lowest BCUT2D eigenvalue weighted by atomic mass is 10.0. The lowest BCUT2D eigenvalue weighted by Crippen LogP contribution is -2.33. The molecule has 0 aliphatic rings. The smallest absolute Gasteiger partial charge is 0.259 e. The quantitative estimate of drug-likeness (QED) is 0.374. The lowest BCUT2D eigenvalue weighted by molar-refractivity contribution is -0.117. The molecule has 1 aromatic heterocycles. The number of hydrogen-bond acceptors (Lipinski definition) is 7. The number of sulfonamides is 1. The molecule has 1 heterocycles. The van der Waals surface area contributed by atoms with Gasteiger partial charge in [0.1, 0.15) is 5.82 Å². The van der Waals surface area contributed by atoms with Crippen LogP contribution in [-0.4, -0.2) is 49.4 Å². The molecule has 0 saturated heterocycles. The van der Waals surface area contributed by atoms with E-state index in [0.29, 0.717) is 13.0 Å². The van der Waals surface area contributed by atoms with E-state index < -0.39 is 21.9 Å². The van der Waals surface area contributed by atoms with Gasteiger partial charge in [-0.2, -0.15) is 0 Å². The number of hydrogen-bond donors (Lipinski definition) is 1. The molecule has 0 atom stereocenters. The Kier molecular flexibility index (Phi) is 9.33. The van der Waals surface area contributed by atoms with Gasteiger partial charge in [-0.3, -0.25) is 14.5 Å². The Balaban J connectivity index is 1.71. The van der Waals surface area contributed by atoms with Crippen molar-refractivity contribution < 1.29 is 17.9 Å². The van der Waals surface area contributed by atoms with E-state index in [9.17, 15) is 13.2 Å². The lowest BCUT2D eigenvalue weighted by Gasteiger charge is -2.28. The normalized spacial score (nSPS) is 11.4. The molecule has 2 aromatic carbocycles. The van der Waals surface area contributed by atoms with Gasteiger partial charge in [-0.25, -0.2) is 13.4 Å². The third kappa shape index (κ3) is 7.87. The van der Waals surface area contributed by atoms with Gasteiger partial charge in [-0.1, -0.05) is 60.7 Å². The predicted molar refractivity (Wildman–Crippen MR) is 138 cm³/mol. The maximum absolute atomic E-state index is 11.7. The molecular weight excluding hydrogens is 464 g/mol. The molecule has 0 unspecified atom stereocenters. The van der Waals surface area contributed by atoms with Gasteiger partial charge in [0.25, 0.3) is 10.0 Å². The second kappa shape index (κ2) is 12.4. The minimum absolute atomic E-state index is 0.191. The first-order valence-electron chi connectivity index (χ1n) is 11.6. The van der Waals surface area contributed by atoms with Crippen molar-refractivity contribution in [3.8, 4) is 22.5 Å². The van der Waals surface area contributed by atoms with Crippen molar-refractivity contribution >= 4 is 21.7 Å². The van der Waals surface area contributed by atoms with Gasteiger partial charge in [-0.05, 0) is 26.7 Å². The van der Waals surface area contributed by atoms with E-state index in [1.54, 1.807) is 0 Å². The van der Waals surface area contributed by atoms with Crippen molar-refractivity contribution in [3.05, 3.63) is 66.9 Å². The van der Waals surface area contributed by atoms with Crippen molar-refractivity contribution in [1.29, 1.82) is 0 Å². The van der Waals surface area contributed by atoms with Crippen molar-refractivity contribution in [2.24, 2.45) is 0 Å². The molecular formula is C26H32N4O4S. The summed E-state index contributed by atoms with van der Waals surface area (Å²) < 4.78 is 30.4. The zero-order valence-electron chi connectivity index (χ0n) is 20.3. The number of rotatable bonds is 12. The van der Waals surface area contributed by atoms with Crippen molar-refractivity contribution in [1.82, 2.24) is 14.7 Å². The topological polar surface area (TPSA) is 101 Å². The fourth-order valence-corrected chi connectivity index (χ4v) is 4.50. The van der Waals surface area contributed by atoms with Crippen molar-refractivity contribution in [3.63, 3.8) is 0 Å². The van der Waals surface area contributed by atoms with E-state index in [-0.39, 0.29) is 12.6 Å². The second-order valence-electron chi connectivity index (χ2n) is 8.45. The van der Waals surface area contributed by atoms with E-state index in [4.69, 9.17) is 14.7 Å². The largest absolute Gasteiger partial charge is 0.364 e. The van der Waals surface area contributed by atoms with Crippen LogP contribution in [0.2, 0.25) is 0 Å². The Labute approximate surface area is 207 Å². The number of aromatic nitrogens is 2. The van der Waals surface area contributed by atoms with Gasteiger partial charge in [0.15, 0.2) is 5.94 Å². The van der Waals surface area contributed by atoms with Gasteiger partial charge in [-0.15, -0.1) is 0 Å². The monoisotopic (exact) mass is 496 g/mol. The summed E-state index contributed by atoms with van der Waals surface area (Å²) in [5.74, 6) is -0.379. The molecule has 0 radical (unpaired) electrons. The zero-order valence-corrected chi connectivity index (χ0v) is 21.2. The Morgan fingerprint density at radius 3 is 2.14 bits per heavy atom. The maximum Gasteiger partial charge on any atom is 0.259 e. The first-order chi connectivity index (χ1) is 16.8. The maximum atomic E-state index is 11.7. The first-order valence-corrected chi connectivity index (χ1v) is 13.3. The van der Waals surface area contributed by atoms with Gasteiger partial charge in [0.05, 0.1) is 17.6 Å². The summed E-state index contributed by atoms with van der Waals surface area (Å²) in [6.45, 7) is 6.35. The highest BCUT2D eigenvalue weighted by atomic mass is 32.2. The van der Waals surface area contributed by atoms with Crippen LogP contribution in [0.3, 0.4) is 0 Å². The van der Waals surface area contributed by atoms with E-state index in [2.05, 4.69) is 18.7 Å². The third-order valence-electron chi connectivity index (χ3n) is 5.25. The third-order valence-corrected chi connectivity index (χ3v) is 6.32. The number of anilines is 1. The molecule has 0 spiro atoms. The standard InChI is InChI=1S/C26H32N4O4S/c1-20(2)30(16-10-11-17-34-19-35(32,33)29-21(3)31)24-18-27-25(22-12-6-4-7-13-22)26(28-24)23-14-8-5-9-15-23/h4-9,12-15,18,20H,10-11,16-17,19H2,1-3H3,(H,29,31). The van der Waals surface area contributed by atoms with Crippen molar-refractivity contribution in [2.45, 2.75) is 39.7 Å². The summed E-state index contributed by atoms with van der Waals surface area (Å²) in [5, 5.41) is 0. The van der Waals surface area contributed by atoms with Gasteiger partial charge < -0.3 is 9.64 Å². The van der Waals surface area contributed by atoms with Crippen LogP contribution in [0, 0.1) is 0 Å². The molecule has 1 amide bonds. The molecule has 186 valence electrons. The molecule has 0 aliphatic heterocycles. The summed E-state index contributed by atoms with van der Waals surface area (Å²) >= 11 is 0. The molecule has 35 heavy (non-hydrogen) atoms. The molecule has 1 N–H and O–H groups in total. The Bertz CT molecular complexity index is 1200. The van der Waals surface area contributed by atoms with Crippen LogP contribution in [0.4, 0.5) is 5.82 Å². The fourth-order valence-electron chi connectivity index (χ4n) is 3.66. The summed E-state index contributed by atoms with van der Waals surface area (Å²) in [6.07, 6.45) is 3.26. The molecule has 3 aromatic rings. The average molecular weight is 497 g/mol. The van der Waals surface area contributed by atoms with E-state index >= 15 is 0 Å². The van der Waals surface area contributed by atoms with Crippen molar-refractivity contribution in [2.75, 3.05) is 24.0 Å². The Morgan fingerprint density at radius 2 is 1.57 bits per heavy atom. The number of unbranched alkanes of at least 4 members (excludes halogenated alkanes) is 1. The van der Waals surface area contributed by atoms with Crippen LogP contribution in [-0.2, 0) is 19.6 Å². The van der Waals surface area contributed by atoms with Crippen LogP contribution in [0.25, 0.3) is 22.5 Å². The van der Waals surface area contributed by atoms with Crippen LogP contribution in [0.15, 0.2) is 66.9 Å². The molecule has 0 bridgehead atoms. The minimum Gasteiger partial charge on any atom is -0.364 e. The number of nitrogens with zero attached hydrogens (tertiary/aromatic N) is 3. The molecule has 0 fully saturated rings. The Hall–Kier alpha value is -3.30. The second-order valence-corrected chi connectivity index (χ2v) is 10.1. The van der Waals surface area contributed by atoms with Crippen LogP contribution < -0.4 is 9.62 Å².